The lowest BCUT2D eigenvalue weighted by Crippen LogP contribution is -2.20. The zero-order chi connectivity index (χ0) is 13.1. The first-order chi connectivity index (χ1) is 8.61. The molecule has 1 unspecified atom stereocenters. The highest BCUT2D eigenvalue weighted by Gasteiger charge is 2.26. The fourth-order valence-corrected chi connectivity index (χ4v) is 3.07. The molecular formula is C15H20ClFO. The number of hydrogen-bond acceptors (Lipinski definition) is 1. The lowest BCUT2D eigenvalue weighted by atomic mass is 9.77. The predicted octanol–water partition coefficient (Wildman–Crippen LogP) is 4.73. The van der Waals surface area contributed by atoms with E-state index >= 15 is 0 Å². The maximum atomic E-state index is 13.1. The molecule has 0 spiro atoms. The number of benzene rings is 1. The molecule has 1 aromatic rings. The normalized spacial score (nSPS) is 26.0. The Bertz CT molecular complexity index is 399. The van der Waals surface area contributed by atoms with Crippen molar-refractivity contribution in [3.63, 3.8) is 0 Å². The van der Waals surface area contributed by atoms with Gasteiger partial charge in [-0.1, -0.05) is 43.9 Å². The van der Waals surface area contributed by atoms with Gasteiger partial charge in [0.15, 0.2) is 0 Å². The number of rotatable bonds is 3. The largest absolute Gasteiger partial charge is 0.388 e. The van der Waals surface area contributed by atoms with Crippen molar-refractivity contribution in [2.75, 3.05) is 0 Å². The third-order valence-electron chi connectivity index (χ3n) is 4.20. The van der Waals surface area contributed by atoms with E-state index in [4.69, 9.17) is 11.6 Å². The quantitative estimate of drug-likeness (QED) is 0.842. The van der Waals surface area contributed by atoms with E-state index in [1.165, 1.54) is 25.3 Å². The summed E-state index contributed by atoms with van der Waals surface area (Å²) in [5, 5.41) is 10.4. The van der Waals surface area contributed by atoms with Crippen LogP contribution < -0.4 is 0 Å². The Labute approximate surface area is 113 Å². The summed E-state index contributed by atoms with van der Waals surface area (Å²) in [5.74, 6) is 0.668. The first kappa shape index (κ1) is 13.8. The van der Waals surface area contributed by atoms with Crippen LogP contribution in [0.25, 0.3) is 0 Å². The predicted molar refractivity (Wildman–Crippen MR) is 72.1 cm³/mol. The van der Waals surface area contributed by atoms with Gasteiger partial charge in [0.2, 0.25) is 0 Å². The van der Waals surface area contributed by atoms with Crippen LogP contribution in [-0.2, 0) is 0 Å². The van der Waals surface area contributed by atoms with Crippen LogP contribution in [-0.4, -0.2) is 5.11 Å². The van der Waals surface area contributed by atoms with E-state index < -0.39 is 11.9 Å². The highest BCUT2D eigenvalue weighted by Crippen LogP contribution is 2.38. The summed E-state index contributed by atoms with van der Waals surface area (Å²) in [5.41, 5.74) is 0.737. The van der Waals surface area contributed by atoms with E-state index in [1.54, 1.807) is 12.1 Å². The Hall–Kier alpha value is -0.600. The highest BCUT2D eigenvalue weighted by molar-refractivity contribution is 6.30. The van der Waals surface area contributed by atoms with Gasteiger partial charge < -0.3 is 5.11 Å². The summed E-state index contributed by atoms with van der Waals surface area (Å²) in [6.07, 6.45) is 5.19. The van der Waals surface area contributed by atoms with Gasteiger partial charge in [0.25, 0.3) is 0 Å². The minimum Gasteiger partial charge on any atom is -0.388 e. The zero-order valence-corrected chi connectivity index (χ0v) is 11.5. The first-order valence-electron chi connectivity index (χ1n) is 6.74. The molecule has 1 aliphatic rings. The third-order valence-corrected chi connectivity index (χ3v) is 4.49. The second kappa shape index (κ2) is 6.03. The smallest absolute Gasteiger partial charge is 0.141 e. The number of aliphatic hydroxyl groups excluding tert-OH is 1. The van der Waals surface area contributed by atoms with Gasteiger partial charge in [-0.2, -0.15) is 0 Å². The lowest BCUT2D eigenvalue weighted by Gasteiger charge is -2.31. The van der Waals surface area contributed by atoms with Crippen molar-refractivity contribution in [3.05, 3.63) is 34.6 Å². The molecular weight excluding hydrogens is 251 g/mol. The Balaban J connectivity index is 2.03. The molecule has 0 bridgehead atoms. The van der Waals surface area contributed by atoms with Gasteiger partial charge >= 0.3 is 0 Å². The average molecular weight is 271 g/mol. The minimum atomic E-state index is -0.513. The fourth-order valence-electron chi connectivity index (χ4n) is 2.88. The summed E-state index contributed by atoms with van der Waals surface area (Å²) >= 11 is 5.76. The monoisotopic (exact) mass is 270 g/mol. The van der Waals surface area contributed by atoms with Crippen LogP contribution in [0.3, 0.4) is 0 Å². The van der Waals surface area contributed by atoms with Crippen molar-refractivity contribution in [2.24, 2.45) is 11.8 Å². The van der Waals surface area contributed by atoms with Crippen molar-refractivity contribution < 1.29 is 9.50 Å². The van der Waals surface area contributed by atoms with E-state index in [9.17, 15) is 9.50 Å². The Morgan fingerprint density at radius 1 is 1.33 bits per heavy atom. The summed E-state index contributed by atoms with van der Waals surface area (Å²) in [6, 6.07) is 4.52. The van der Waals surface area contributed by atoms with E-state index in [1.807, 2.05) is 0 Å². The molecule has 0 radical (unpaired) electrons. The molecule has 1 aliphatic carbocycles. The fraction of sp³-hybridized carbons (Fsp3) is 0.600. The Kier molecular flexibility index (Phi) is 4.63. The SMILES string of the molecule is CCC1CCC(C(O)c2ccc(F)c(Cl)c2)CC1. The molecule has 1 aromatic carbocycles. The molecule has 18 heavy (non-hydrogen) atoms. The number of aliphatic hydroxyl groups is 1. The van der Waals surface area contributed by atoms with Gasteiger partial charge in [-0.25, -0.2) is 4.39 Å². The molecule has 0 aromatic heterocycles. The second-order valence-corrected chi connectivity index (χ2v) is 5.71. The van der Waals surface area contributed by atoms with Crippen LogP contribution in [0, 0.1) is 17.7 Å². The van der Waals surface area contributed by atoms with Crippen LogP contribution in [0.2, 0.25) is 5.02 Å². The molecule has 100 valence electrons. The van der Waals surface area contributed by atoms with Crippen molar-refractivity contribution >= 4 is 11.6 Å². The summed E-state index contributed by atoms with van der Waals surface area (Å²) in [6.45, 7) is 2.22. The number of hydrogen-bond donors (Lipinski definition) is 1. The maximum absolute atomic E-state index is 13.1. The molecule has 1 nitrogen and oxygen atoms in total. The highest BCUT2D eigenvalue weighted by atomic mass is 35.5. The molecule has 2 rings (SSSR count). The van der Waals surface area contributed by atoms with Crippen LogP contribution in [0.15, 0.2) is 18.2 Å². The van der Waals surface area contributed by atoms with Crippen LogP contribution >= 0.6 is 11.6 Å². The van der Waals surface area contributed by atoms with Gasteiger partial charge in [0.05, 0.1) is 11.1 Å². The molecule has 3 heteroatoms. The van der Waals surface area contributed by atoms with Crippen molar-refractivity contribution in [3.8, 4) is 0 Å². The van der Waals surface area contributed by atoms with Crippen LogP contribution in [0.4, 0.5) is 4.39 Å². The van der Waals surface area contributed by atoms with Gasteiger partial charge in [-0.3, -0.25) is 0 Å². The molecule has 0 aliphatic heterocycles. The number of halogens is 2. The molecule has 0 amide bonds. The first-order valence-corrected chi connectivity index (χ1v) is 7.12. The molecule has 1 saturated carbocycles. The third kappa shape index (κ3) is 3.04. The van der Waals surface area contributed by atoms with Crippen molar-refractivity contribution in [2.45, 2.75) is 45.1 Å². The molecule has 1 fully saturated rings. The van der Waals surface area contributed by atoms with Crippen LogP contribution in [0.5, 0.6) is 0 Å². The van der Waals surface area contributed by atoms with E-state index in [-0.39, 0.29) is 10.9 Å². The average Bonchev–Trinajstić information content (AvgIpc) is 2.41. The standard InChI is InChI=1S/C15H20ClFO/c1-2-10-3-5-11(6-4-10)15(18)12-7-8-14(17)13(16)9-12/h7-11,15,18H,2-6H2,1H3. The van der Waals surface area contributed by atoms with E-state index in [2.05, 4.69) is 6.92 Å². The summed E-state index contributed by atoms with van der Waals surface area (Å²) in [4.78, 5) is 0. The van der Waals surface area contributed by atoms with E-state index in [0.29, 0.717) is 0 Å². The molecule has 1 atom stereocenters. The maximum Gasteiger partial charge on any atom is 0.141 e. The second-order valence-electron chi connectivity index (χ2n) is 5.31. The van der Waals surface area contributed by atoms with Crippen LogP contribution in [0.1, 0.15) is 50.7 Å². The zero-order valence-electron chi connectivity index (χ0n) is 10.7. The van der Waals surface area contributed by atoms with Gasteiger partial charge in [0.1, 0.15) is 5.82 Å². The summed E-state index contributed by atoms with van der Waals surface area (Å²) < 4.78 is 13.1. The topological polar surface area (TPSA) is 20.2 Å². The molecule has 0 saturated heterocycles. The summed E-state index contributed by atoms with van der Waals surface area (Å²) in [7, 11) is 0. The Morgan fingerprint density at radius 3 is 2.56 bits per heavy atom. The Morgan fingerprint density at radius 2 is 2.00 bits per heavy atom. The van der Waals surface area contributed by atoms with Crippen molar-refractivity contribution in [1.82, 2.24) is 0 Å². The van der Waals surface area contributed by atoms with Gasteiger partial charge in [0, 0.05) is 0 Å². The van der Waals surface area contributed by atoms with Gasteiger partial charge in [-0.05, 0) is 42.4 Å². The van der Waals surface area contributed by atoms with E-state index in [0.717, 1.165) is 24.3 Å². The molecule has 0 heterocycles. The van der Waals surface area contributed by atoms with Gasteiger partial charge in [-0.15, -0.1) is 0 Å². The lowest BCUT2D eigenvalue weighted by molar-refractivity contribution is 0.0729. The van der Waals surface area contributed by atoms with Crippen molar-refractivity contribution in [1.29, 1.82) is 0 Å². The molecule has 1 N–H and O–H groups in total. The minimum absolute atomic E-state index is 0.0915.